The van der Waals surface area contributed by atoms with Gasteiger partial charge in [-0.05, 0) is 67.3 Å². The molecule has 2 rings (SSSR count). The zero-order valence-electron chi connectivity index (χ0n) is 11.5. The third kappa shape index (κ3) is 3.64. The van der Waals surface area contributed by atoms with Crippen LogP contribution < -0.4 is 11.5 Å². The van der Waals surface area contributed by atoms with E-state index in [-0.39, 0.29) is 20.3 Å². The minimum Gasteiger partial charge on any atom is -0.398 e. The van der Waals surface area contributed by atoms with Crippen LogP contribution in [-0.2, 0) is 12.4 Å². The van der Waals surface area contributed by atoms with Crippen LogP contribution in [0.4, 0.5) is 37.7 Å². The number of benzene rings is 2. The summed E-state index contributed by atoms with van der Waals surface area (Å²) in [6.07, 6.45) is -9.78. The largest absolute Gasteiger partial charge is 0.417 e. The third-order valence-corrected chi connectivity index (χ3v) is 4.55. The molecule has 2 aromatic carbocycles. The predicted octanol–water partition coefficient (Wildman–Crippen LogP) is 6.08. The number of anilines is 2. The second kappa shape index (κ2) is 6.14. The van der Waals surface area contributed by atoms with Gasteiger partial charge in [0.25, 0.3) is 0 Å². The van der Waals surface area contributed by atoms with Crippen molar-refractivity contribution in [2.24, 2.45) is 0 Å². The highest BCUT2D eigenvalue weighted by Crippen LogP contribution is 2.46. The van der Waals surface area contributed by atoms with Crippen LogP contribution in [0, 0.1) is 0 Å². The second-order valence-corrected chi connectivity index (χ2v) is 6.54. The molecule has 0 saturated carbocycles. The molecule has 0 aliphatic rings. The molecule has 0 bridgehead atoms. The van der Waals surface area contributed by atoms with Crippen LogP contribution >= 0.6 is 31.9 Å². The Balaban J connectivity index is 2.91. The summed E-state index contributed by atoms with van der Waals surface area (Å²) in [6.45, 7) is 0. The molecule has 0 amide bonds. The van der Waals surface area contributed by atoms with Crippen LogP contribution in [0.25, 0.3) is 11.1 Å². The van der Waals surface area contributed by atoms with Crippen molar-refractivity contribution in [2.45, 2.75) is 12.4 Å². The Morgan fingerprint density at radius 3 is 1.17 bits per heavy atom. The van der Waals surface area contributed by atoms with Gasteiger partial charge in [0.15, 0.2) is 0 Å². The first-order valence-corrected chi connectivity index (χ1v) is 7.73. The van der Waals surface area contributed by atoms with E-state index in [4.69, 9.17) is 11.5 Å². The quantitative estimate of drug-likeness (QED) is 0.386. The molecule has 4 N–H and O–H groups in total. The minimum atomic E-state index is -4.89. The lowest BCUT2D eigenvalue weighted by molar-refractivity contribution is -0.139. The average Bonchev–Trinajstić information content (AvgIpc) is 2.41. The van der Waals surface area contributed by atoms with Gasteiger partial charge in [-0.15, -0.1) is 0 Å². The highest BCUT2D eigenvalue weighted by Gasteiger charge is 2.39. The standard InChI is InChI=1S/C14H8Br2F6N2/c15-9-1-5(7(3-11(9)23)13(17,18)19)6-2-10(16)12(24)4-8(6)14(20,21)22/h1-4H,23-24H2. The van der Waals surface area contributed by atoms with Crippen LogP contribution in [-0.4, -0.2) is 0 Å². The fourth-order valence-corrected chi connectivity index (χ4v) is 2.78. The number of alkyl halides is 6. The maximum absolute atomic E-state index is 13.3. The Hall–Kier alpha value is -1.42. The van der Waals surface area contributed by atoms with Crippen LogP contribution in [0.1, 0.15) is 11.1 Å². The lowest BCUT2D eigenvalue weighted by Crippen LogP contribution is -2.12. The summed E-state index contributed by atoms with van der Waals surface area (Å²) in [4.78, 5) is 0. The molecule has 0 fully saturated rings. The predicted molar refractivity (Wildman–Crippen MR) is 86.1 cm³/mol. The monoisotopic (exact) mass is 476 g/mol. The van der Waals surface area contributed by atoms with Gasteiger partial charge in [0.1, 0.15) is 0 Å². The smallest absolute Gasteiger partial charge is 0.398 e. The van der Waals surface area contributed by atoms with Gasteiger partial charge >= 0.3 is 12.4 Å². The summed E-state index contributed by atoms with van der Waals surface area (Å²) >= 11 is 5.88. The van der Waals surface area contributed by atoms with Gasteiger partial charge in [0.05, 0.1) is 11.1 Å². The van der Waals surface area contributed by atoms with E-state index in [1.165, 1.54) is 0 Å². The summed E-state index contributed by atoms with van der Waals surface area (Å²) in [5.41, 5.74) is 6.55. The van der Waals surface area contributed by atoms with E-state index in [1.807, 2.05) is 0 Å². The zero-order chi connectivity index (χ0) is 18.4. The molecular formula is C14H8Br2F6N2. The van der Waals surface area contributed by atoms with Crippen LogP contribution in [0.3, 0.4) is 0 Å². The van der Waals surface area contributed by atoms with Gasteiger partial charge in [0.2, 0.25) is 0 Å². The van der Waals surface area contributed by atoms with E-state index in [0.29, 0.717) is 12.1 Å². The van der Waals surface area contributed by atoms with Crippen molar-refractivity contribution in [2.75, 3.05) is 11.5 Å². The molecule has 0 aromatic heterocycles. The lowest BCUT2D eigenvalue weighted by Gasteiger charge is -2.19. The molecule has 0 aliphatic carbocycles. The second-order valence-electron chi connectivity index (χ2n) is 4.83. The zero-order valence-corrected chi connectivity index (χ0v) is 14.7. The summed E-state index contributed by atoms with van der Waals surface area (Å²) in [6, 6.07) is 2.99. The molecule has 0 spiro atoms. The summed E-state index contributed by atoms with van der Waals surface area (Å²) in [5, 5.41) is 0. The van der Waals surface area contributed by atoms with E-state index < -0.39 is 34.6 Å². The number of hydrogen-bond acceptors (Lipinski definition) is 2. The average molecular weight is 478 g/mol. The molecule has 0 heterocycles. The molecule has 130 valence electrons. The summed E-state index contributed by atoms with van der Waals surface area (Å²) in [7, 11) is 0. The fourth-order valence-electron chi connectivity index (χ4n) is 2.09. The Kier molecular flexibility index (Phi) is 4.84. The van der Waals surface area contributed by atoms with Crippen molar-refractivity contribution in [3.8, 4) is 11.1 Å². The maximum Gasteiger partial charge on any atom is 0.417 e. The van der Waals surface area contributed by atoms with Gasteiger partial charge in [0, 0.05) is 20.3 Å². The van der Waals surface area contributed by atoms with E-state index in [9.17, 15) is 26.3 Å². The van der Waals surface area contributed by atoms with Crippen molar-refractivity contribution in [3.63, 3.8) is 0 Å². The first-order chi connectivity index (χ1) is 10.8. The van der Waals surface area contributed by atoms with E-state index in [0.717, 1.165) is 12.1 Å². The van der Waals surface area contributed by atoms with E-state index in [1.54, 1.807) is 0 Å². The van der Waals surface area contributed by atoms with Crippen molar-refractivity contribution in [3.05, 3.63) is 44.3 Å². The maximum atomic E-state index is 13.3. The summed E-state index contributed by atoms with van der Waals surface area (Å²) < 4.78 is 79.7. The topological polar surface area (TPSA) is 52.0 Å². The van der Waals surface area contributed by atoms with Gasteiger partial charge in [-0.2, -0.15) is 26.3 Å². The Labute approximate surface area is 149 Å². The number of halogens is 8. The molecule has 0 saturated heterocycles. The molecule has 0 radical (unpaired) electrons. The molecule has 0 atom stereocenters. The van der Waals surface area contributed by atoms with Gasteiger partial charge in [-0.1, -0.05) is 0 Å². The van der Waals surface area contributed by atoms with Crippen molar-refractivity contribution < 1.29 is 26.3 Å². The van der Waals surface area contributed by atoms with Crippen LogP contribution in [0.5, 0.6) is 0 Å². The lowest BCUT2D eigenvalue weighted by atomic mass is 9.94. The van der Waals surface area contributed by atoms with Crippen molar-refractivity contribution in [1.82, 2.24) is 0 Å². The minimum absolute atomic E-state index is 0.0478. The van der Waals surface area contributed by atoms with Gasteiger partial charge < -0.3 is 11.5 Å². The molecule has 10 heteroatoms. The molecule has 0 unspecified atom stereocenters. The first-order valence-electron chi connectivity index (χ1n) is 6.15. The van der Waals surface area contributed by atoms with E-state index >= 15 is 0 Å². The Morgan fingerprint density at radius 2 is 0.917 bits per heavy atom. The number of rotatable bonds is 1. The summed E-state index contributed by atoms with van der Waals surface area (Å²) in [5.74, 6) is 0. The van der Waals surface area contributed by atoms with Crippen molar-refractivity contribution in [1.29, 1.82) is 0 Å². The number of nitrogens with two attached hydrogens (primary N) is 2. The normalized spacial score (nSPS) is 12.5. The van der Waals surface area contributed by atoms with Gasteiger partial charge in [-0.3, -0.25) is 0 Å². The van der Waals surface area contributed by atoms with Gasteiger partial charge in [-0.25, -0.2) is 0 Å². The van der Waals surface area contributed by atoms with Crippen molar-refractivity contribution >= 4 is 43.2 Å². The number of nitrogen functional groups attached to an aromatic ring is 2. The Morgan fingerprint density at radius 1 is 0.625 bits per heavy atom. The SMILES string of the molecule is Nc1cc(C(F)(F)F)c(-c2cc(Br)c(N)cc2C(F)(F)F)cc1Br. The highest BCUT2D eigenvalue weighted by atomic mass is 79.9. The molecule has 2 aromatic rings. The number of hydrogen-bond donors (Lipinski definition) is 2. The molecule has 0 aliphatic heterocycles. The van der Waals surface area contributed by atoms with Crippen LogP contribution in [0.15, 0.2) is 33.2 Å². The molecule has 2 nitrogen and oxygen atoms in total. The van der Waals surface area contributed by atoms with Crippen LogP contribution in [0.2, 0.25) is 0 Å². The molecule has 24 heavy (non-hydrogen) atoms. The Bertz CT molecular complexity index is 732. The third-order valence-electron chi connectivity index (χ3n) is 3.17. The first kappa shape index (κ1) is 18.9. The molecular weight excluding hydrogens is 470 g/mol. The highest BCUT2D eigenvalue weighted by molar-refractivity contribution is 9.11. The van der Waals surface area contributed by atoms with E-state index in [2.05, 4.69) is 31.9 Å². The fraction of sp³-hybridized carbons (Fsp3) is 0.143.